The molecule has 0 amide bonds. The number of fused-ring (bicyclic) bond motifs is 2. The Morgan fingerprint density at radius 2 is 1.50 bits per heavy atom. The Hall–Kier alpha value is -2.48. The first kappa shape index (κ1) is 11.4. The molecule has 0 unspecified atom stereocenters. The summed E-state index contributed by atoms with van der Waals surface area (Å²) in [5.41, 5.74) is 2.45. The van der Waals surface area contributed by atoms with E-state index in [2.05, 4.69) is 65.6 Å². The van der Waals surface area contributed by atoms with Crippen LogP contribution >= 0.6 is 0 Å². The van der Waals surface area contributed by atoms with Crippen molar-refractivity contribution in [3.8, 4) is 5.75 Å². The Labute approximate surface area is 118 Å². The Balaban J connectivity index is 1.74. The number of benzene rings is 3. The molecule has 0 aliphatic carbocycles. The molecule has 0 aromatic heterocycles. The summed E-state index contributed by atoms with van der Waals surface area (Å²) in [5.74, 6) is 1.01. The predicted octanol–water partition coefficient (Wildman–Crippen LogP) is 4.20. The first-order valence-electron chi connectivity index (χ1n) is 6.85. The second-order valence-corrected chi connectivity index (χ2v) is 5.11. The monoisotopic (exact) mass is 261 g/mol. The molecule has 4 rings (SSSR count). The van der Waals surface area contributed by atoms with Crippen LogP contribution in [0.5, 0.6) is 5.75 Å². The number of hydrogen-bond donors (Lipinski definition) is 0. The zero-order chi connectivity index (χ0) is 13.4. The smallest absolute Gasteiger partial charge is 0.161 e. The molecule has 98 valence electrons. The van der Waals surface area contributed by atoms with Crippen LogP contribution in [0.3, 0.4) is 0 Å². The molecule has 1 heterocycles. The Morgan fingerprint density at radius 1 is 0.800 bits per heavy atom. The summed E-state index contributed by atoms with van der Waals surface area (Å²) in [4.78, 5) is 2.25. The number of rotatable bonds is 1. The molecule has 0 N–H and O–H groups in total. The second kappa shape index (κ2) is 4.57. The molecule has 1 aliphatic rings. The highest BCUT2D eigenvalue weighted by molar-refractivity contribution is 5.85. The number of para-hydroxylation sites is 1. The molecular weight excluding hydrogens is 246 g/mol. The van der Waals surface area contributed by atoms with Crippen molar-refractivity contribution in [2.45, 2.75) is 6.54 Å². The molecule has 20 heavy (non-hydrogen) atoms. The van der Waals surface area contributed by atoms with Crippen LogP contribution < -0.4 is 9.64 Å². The number of ether oxygens (including phenoxy) is 1. The van der Waals surface area contributed by atoms with Gasteiger partial charge in [-0.2, -0.15) is 0 Å². The largest absolute Gasteiger partial charge is 0.473 e. The minimum Gasteiger partial charge on any atom is -0.473 e. The lowest BCUT2D eigenvalue weighted by Crippen LogP contribution is -2.31. The fourth-order valence-corrected chi connectivity index (χ4v) is 2.73. The van der Waals surface area contributed by atoms with Gasteiger partial charge in [0.15, 0.2) is 6.73 Å². The van der Waals surface area contributed by atoms with Gasteiger partial charge < -0.3 is 9.64 Å². The lowest BCUT2D eigenvalue weighted by Gasteiger charge is -2.31. The van der Waals surface area contributed by atoms with Crippen LogP contribution in [-0.2, 0) is 6.54 Å². The quantitative estimate of drug-likeness (QED) is 0.651. The fraction of sp³-hybridized carbons (Fsp3) is 0.111. The SMILES string of the molecule is c1ccc(N2COc3cc4ccccc4cc3C2)cc1. The highest BCUT2D eigenvalue weighted by Gasteiger charge is 2.18. The summed E-state index contributed by atoms with van der Waals surface area (Å²) in [6, 6.07) is 23.2. The molecule has 3 aromatic carbocycles. The van der Waals surface area contributed by atoms with Gasteiger partial charge in [0.1, 0.15) is 5.75 Å². The minimum atomic E-state index is 0.607. The van der Waals surface area contributed by atoms with E-state index in [0.29, 0.717) is 6.73 Å². The van der Waals surface area contributed by atoms with Crippen molar-refractivity contribution in [2.24, 2.45) is 0 Å². The minimum absolute atomic E-state index is 0.607. The van der Waals surface area contributed by atoms with E-state index in [1.54, 1.807) is 0 Å². The molecule has 2 heteroatoms. The van der Waals surface area contributed by atoms with Gasteiger partial charge in [0, 0.05) is 17.8 Å². The average molecular weight is 261 g/mol. The third kappa shape index (κ3) is 1.90. The molecule has 0 atom stereocenters. The van der Waals surface area contributed by atoms with Gasteiger partial charge >= 0.3 is 0 Å². The van der Waals surface area contributed by atoms with Crippen molar-refractivity contribution in [1.82, 2.24) is 0 Å². The van der Waals surface area contributed by atoms with Gasteiger partial charge in [0.25, 0.3) is 0 Å². The highest BCUT2D eigenvalue weighted by Crippen LogP contribution is 2.31. The van der Waals surface area contributed by atoms with Gasteiger partial charge in [0.05, 0.1) is 0 Å². The van der Waals surface area contributed by atoms with Crippen molar-refractivity contribution < 1.29 is 4.74 Å². The lowest BCUT2D eigenvalue weighted by molar-refractivity contribution is 0.290. The summed E-state index contributed by atoms with van der Waals surface area (Å²) < 4.78 is 5.92. The number of anilines is 1. The second-order valence-electron chi connectivity index (χ2n) is 5.11. The molecule has 0 saturated heterocycles. The molecule has 0 radical (unpaired) electrons. The van der Waals surface area contributed by atoms with E-state index in [0.717, 1.165) is 12.3 Å². The van der Waals surface area contributed by atoms with Crippen molar-refractivity contribution in [3.63, 3.8) is 0 Å². The van der Waals surface area contributed by atoms with Gasteiger partial charge in [-0.05, 0) is 35.0 Å². The molecule has 0 bridgehead atoms. The summed E-state index contributed by atoms with van der Waals surface area (Å²) in [6.45, 7) is 1.50. The maximum Gasteiger partial charge on any atom is 0.161 e. The van der Waals surface area contributed by atoms with E-state index in [1.165, 1.54) is 22.0 Å². The zero-order valence-electron chi connectivity index (χ0n) is 11.1. The number of nitrogens with zero attached hydrogens (tertiary/aromatic N) is 1. The Bertz CT molecular complexity index is 752. The first-order chi connectivity index (χ1) is 9.90. The van der Waals surface area contributed by atoms with Crippen LogP contribution in [-0.4, -0.2) is 6.73 Å². The summed E-state index contributed by atoms with van der Waals surface area (Å²) >= 11 is 0. The van der Waals surface area contributed by atoms with Gasteiger partial charge in [-0.3, -0.25) is 0 Å². The molecule has 1 aliphatic heterocycles. The first-order valence-corrected chi connectivity index (χ1v) is 6.85. The van der Waals surface area contributed by atoms with E-state index in [4.69, 9.17) is 4.74 Å². The Kier molecular flexibility index (Phi) is 2.59. The summed E-state index contributed by atoms with van der Waals surface area (Å²) in [7, 11) is 0. The third-order valence-electron chi connectivity index (χ3n) is 3.79. The van der Waals surface area contributed by atoms with Crippen molar-refractivity contribution >= 4 is 16.5 Å². The van der Waals surface area contributed by atoms with Gasteiger partial charge in [-0.25, -0.2) is 0 Å². The summed E-state index contributed by atoms with van der Waals surface area (Å²) in [6.07, 6.45) is 0. The van der Waals surface area contributed by atoms with Crippen molar-refractivity contribution in [1.29, 1.82) is 0 Å². The molecule has 3 aromatic rings. The highest BCUT2D eigenvalue weighted by atomic mass is 16.5. The van der Waals surface area contributed by atoms with Crippen molar-refractivity contribution in [2.75, 3.05) is 11.6 Å². The van der Waals surface area contributed by atoms with Crippen LogP contribution in [0.4, 0.5) is 5.69 Å². The van der Waals surface area contributed by atoms with Crippen LogP contribution in [0.2, 0.25) is 0 Å². The maximum absolute atomic E-state index is 5.92. The van der Waals surface area contributed by atoms with E-state index < -0.39 is 0 Å². The zero-order valence-corrected chi connectivity index (χ0v) is 11.1. The van der Waals surface area contributed by atoms with Gasteiger partial charge in [-0.15, -0.1) is 0 Å². The van der Waals surface area contributed by atoms with Crippen molar-refractivity contribution in [3.05, 3.63) is 72.3 Å². The average Bonchev–Trinajstić information content (AvgIpc) is 2.53. The lowest BCUT2D eigenvalue weighted by atomic mass is 10.0. The molecule has 0 fully saturated rings. The summed E-state index contributed by atoms with van der Waals surface area (Å²) in [5, 5.41) is 2.50. The maximum atomic E-state index is 5.92. The van der Waals surface area contributed by atoms with E-state index in [9.17, 15) is 0 Å². The normalized spacial score (nSPS) is 13.9. The molecular formula is C18H15NO. The van der Waals surface area contributed by atoms with Crippen LogP contribution in [0.1, 0.15) is 5.56 Å². The predicted molar refractivity (Wildman–Crippen MR) is 82.1 cm³/mol. The number of hydrogen-bond acceptors (Lipinski definition) is 2. The molecule has 0 saturated carbocycles. The van der Waals surface area contributed by atoms with E-state index in [-0.39, 0.29) is 0 Å². The fourth-order valence-electron chi connectivity index (χ4n) is 2.73. The van der Waals surface area contributed by atoms with Crippen LogP contribution in [0.25, 0.3) is 10.8 Å². The van der Waals surface area contributed by atoms with E-state index >= 15 is 0 Å². The van der Waals surface area contributed by atoms with Crippen LogP contribution in [0.15, 0.2) is 66.7 Å². The van der Waals surface area contributed by atoms with Crippen LogP contribution in [0, 0.1) is 0 Å². The van der Waals surface area contributed by atoms with Gasteiger partial charge in [0.2, 0.25) is 0 Å². The topological polar surface area (TPSA) is 12.5 Å². The standard InChI is InChI=1S/C18H15NO/c1-2-8-17(9-3-1)19-12-16-10-14-6-4-5-7-15(14)11-18(16)20-13-19/h1-11H,12-13H2. The Morgan fingerprint density at radius 3 is 2.30 bits per heavy atom. The van der Waals surface area contributed by atoms with E-state index in [1.807, 2.05) is 6.07 Å². The third-order valence-corrected chi connectivity index (χ3v) is 3.79. The molecule has 0 spiro atoms. The van der Waals surface area contributed by atoms with Gasteiger partial charge in [-0.1, -0.05) is 42.5 Å². The molecule has 2 nitrogen and oxygen atoms in total.